The largest absolute Gasteiger partial charge is 0.369 e. The van der Waals surface area contributed by atoms with Gasteiger partial charge >= 0.3 is 0 Å². The molecule has 1 aromatic heterocycles. The Bertz CT molecular complexity index is 437. The van der Waals surface area contributed by atoms with Crippen LogP contribution in [0.1, 0.15) is 6.92 Å². The van der Waals surface area contributed by atoms with E-state index in [0.29, 0.717) is 6.54 Å². The molecule has 0 aliphatic carbocycles. The summed E-state index contributed by atoms with van der Waals surface area (Å²) in [7, 11) is -3.26. The van der Waals surface area contributed by atoms with Crippen LogP contribution < -0.4 is 10.0 Å². The summed E-state index contributed by atoms with van der Waals surface area (Å²) in [5.41, 5.74) is 0. The summed E-state index contributed by atoms with van der Waals surface area (Å²) in [6, 6.07) is 1.10. The first-order valence-electron chi connectivity index (χ1n) is 4.72. The van der Waals surface area contributed by atoms with Crippen LogP contribution in [0.4, 0.5) is 10.2 Å². The number of nitrogens with one attached hydrogen (secondary N) is 2. The Hall–Kier alpha value is -1.28. The summed E-state index contributed by atoms with van der Waals surface area (Å²) in [5.74, 6) is -0.488. The molecule has 0 aromatic carbocycles. The number of halogens is 1. The fourth-order valence-corrected chi connectivity index (χ4v) is 1.99. The van der Waals surface area contributed by atoms with Crippen LogP contribution in [0.3, 0.4) is 0 Å². The van der Waals surface area contributed by atoms with Crippen molar-refractivity contribution in [2.45, 2.75) is 6.92 Å². The van der Waals surface area contributed by atoms with Crippen LogP contribution in [-0.4, -0.2) is 37.2 Å². The molecule has 1 rings (SSSR count). The van der Waals surface area contributed by atoms with E-state index in [4.69, 9.17) is 0 Å². The Morgan fingerprint density at radius 1 is 1.44 bits per heavy atom. The number of sulfonamides is 1. The first-order valence-corrected chi connectivity index (χ1v) is 6.37. The van der Waals surface area contributed by atoms with Gasteiger partial charge in [-0.1, -0.05) is 6.92 Å². The summed E-state index contributed by atoms with van der Waals surface area (Å²) in [6.07, 6.45) is 1.07. The van der Waals surface area contributed by atoms with Gasteiger partial charge in [0, 0.05) is 19.2 Å². The van der Waals surface area contributed by atoms with E-state index < -0.39 is 16.0 Å². The lowest BCUT2D eigenvalue weighted by atomic mass is 10.5. The van der Waals surface area contributed by atoms with E-state index in [0.717, 1.165) is 12.4 Å². The maximum Gasteiger partial charge on any atom is 0.217 e. The molecule has 0 atom stereocenters. The molecule has 0 spiro atoms. The molecule has 0 aliphatic rings. The van der Waals surface area contributed by atoms with Crippen molar-refractivity contribution in [2.24, 2.45) is 0 Å². The third-order valence-corrected chi connectivity index (χ3v) is 3.14. The molecule has 0 aliphatic heterocycles. The zero-order valence-corrected chi connectivity index (χ0v) is 9.59. The fourth-order valence-electron chi connectivity index (χ4n) is 1.04. The Balaban J connectivity index is 2.42. The Kier molecular flexibility index (Phi) is 4.56. The molecule has 1 heterocycles. The average Bonchev–Trinajstić information content (AvgIpc) is 2.17. The first-order chi connectivity index (χ1) is 7.53. The zero-order chi connectivity index (χ0) is 12.0. The van der Waals surface area contributed by atoms with Gasteiger partial charge in [-0.05, 0) is 0 Å². The number of anilines is 1. The molecule has 2 N–H and O–H groups in total. The van der Waals surface area contributed by atoms with Crippen LogP contribution in [-0.2, 0) is 10.0 Å². The van der Waals surface area contributed by atoms with Crippen molar-refractivity contribution in [3.63, 3.8) is 0 Å². The van der Waals surface area contributed by atoms with E-state index in [2.05, 4.69) is 20.0 Å². The summed E-state index contributed by atoms with van der Waals surface area (Å²) in [5, 5.41) is 2.69. The van der Waals surface area contributed by atoms with E-state index in [1.807, 2.05) is 0 Å². The molecule has 6 nitrogen and oxygen atoms in total. The van der Waals surface area contributed by atoms with Crippen molar-refractivity contribution in [2.75, 3.05) is 24.2 Å². The molecule has 1 aromatic rings. The molecule has 0 fully saturated rings. The Morgan fingerprint density at radius 2 is 2.19 bits per heavy atom. The SMILES string of the molecule is CCNS(=O)(=O)CCNc1cc(F)ncn1. The van der Waals surface area contributed by atoms with Crippen LogP contribution in [0.2, 0.25) is 0 Å². The predicted octanol–water partition coefficient (Wildman–Crippen LogP) is -0.0331. The summed E-state index contributed by atoms with van der Waals surface area (Å²) < 4.78 is 37.4. The maximum atomic E-state index is 12.6. The predicted molar refractivity (Wildman–Crippen MR) is 57.9 cm³/mol. The second-order valence-corrected chi connectivity index (χ2v) is 4.90. The lowest BCUT2D eigenvalue weighted by molar-refractivity contribution is 0.580. The smallest absolute Gasteiger partial charge is 0.217 e. The van der Waals surface area contributed by atoms with Gasteiger partial charge in [-0.2, -0.15) is 4.39 Å². The second kappa shape index (κ2) is 5.71. The van der Waals surface area contributed by atoms with E-state index in [1.165, 1.54) is 0 Å². The van der Waals surface area contributed by atoms with Gasteiger partial charge in [0.15, 0.2) is 0 Å². The second-order valence-electron chi connectivity index (χ2n) is 2.97. The highest BCUT2D eigenvalue weighted by atomic mass is 32.2. The normalized spacial score (nSPS) is 11.4. The van der Waals surface area contributed by atoms with Gasteiger partial charge in [-0.15, -0.1) is 0 Å². The number of aromatic nitrogens is 2. The van der Waals surface area contributed by atoms with E-state index in [-0.39, 0.29) is 18.1 Å². The van der Waals surface area contributed by atoms with Gasteiger partial charge in [0.1, 0.15) is 12.1 Å². The maximum absolute atomic E-state index is 12.6. The summed E-state index contributed by atoms with van der Waals surface area (Å²) in [4.78, 5) is 7.01. The minimum absolute atomic E-state index is 0.0908. The van der Waals surface area contributed by atoms with Crippen molar-refractivity contribution in [1.29, 1.82) is 0 Å². The fraction of sp³-hybridized carbons (Fsp3) is 0.500. The summed E-state index contributed by atoms with van der Waals surface area (Å²) in [6.45, 7) is 2.21. The molecular weight excluding hydrogens is 235 g/mol. The monoisotopic (exact) mass is 248 g/mol. The van der Waals surface area contributed by atoms with Crippen molar-refractivity contribution < 1.29 is 12.8 Å². The Labute approximate surface area is 93.4 Å². The lowest BCUT2D eigenvalue weighted by Gasteiger charge is -2.06. The standard InChI is InChI=1S/C8H13FN4O2S/c1-2-13-16(14,15)4-3-10-8-5-7(9)11-6-12-8/h5-6,13H,2-4H2,1H3,(H,10,11,12). The topological polar surface area (TPSA) is 84.0 Å². The molecule has 8 heteroatoms. The van der Waals surface area contributed by atoms with Gasteiger partial charge < -0.3 is 5.32 Å². The number of hydrogen-bond donors (Lipinski definition) is 2. The third-order valence-electron chi connectivity index (χ3n) is 1.67. The van der Waals surface area contributed by atoms with Crippen molar-refractivity contribution in [3.8, 4) is 0 Å². The molecule has 0 radical (unpaired) electrons. The van der Waals surface area contributed by atoms with Gasteiger partial charge in [-0.3, -0.25) is 0 Å². The first kappa shape index (κ1) is 12.8. The highest BCUT2D eigenvalue weighted by molar-refractivity contribution is 7.89. The van der Waals surface area contributed by atoms with Crippen molar-refractivity contribution in [3.05, 3.63) is 18.3 Å². The molecule has 0 unspecified atom stereocenters. The molecule has 0 bridgehead atoms. The molecule has 16 heavy (non-hydrogen) atoms. The number of nitrogens with zero attached hydrogens (tertiary/aromatic N) is 2. The molecule has 0 saturated heterocycles. The van der Waals surface area contributed by atoms with Crippen molar-refractivity contribution in [1.82, 2.24) is 14.7 Å². The molecule has 0 amide bonds. The third kappa shape index (κ3) is 4.49. The minimum Gasteiger partial charge on any atom is -0.369 e. The highest BCUT2D eigenvalue weighted by Gasteiger charge is 2.07. The number of hydrogen-bond acceptors (Lipinski definition) is 5. The van der Waals surface area contributed by atoms with Crippen LogP contribution in [0.25, 0.3) is 0 Å². The van der Waals surface area contributed by atoms with Crippen LogP contribution in [0, 0.1) is 5.95 Å². The lowest BCUT2D eigenvalue weighted by Crippen LogP contribution is -2.29. The van der Waals surface area contributed by atoms with Crippen LogP contribution >= 0.6 is 0 Å². The minimum atomic E-state index is -3.26. The highest BCUT2D eigenvalue weighted by Crippen LogP contribution is 2.01. The van der Waals surface area contributed by atoms with Crippen molar-refractivity contribution >= 4 is 15.8 Å². The van der Waals surface area contributed by atoms with Gasteiger partial charge in [0.05, 0.1) is 5.75 Å². The Morgan fingerprint density at radius 3 is 2.81 bits per heavy atom. The van der Waals surface area contributed by atoms with E-state index >= 15 is 0 Å². The summed E-state index contributed by atoms with van der Waals surface area (Å²) >= 11 is 0. The van der Waals surface area contributed by atoms with Gasteiger partial charge in [0.2, 0.25) is 16.0 Å². The molecular formula is C8H13FN4O2S. The van der Waals surface area contributed by atoms with Crippen LogP contribution in [0.15, 0.2) is 12.4 Å². The number of rotatable bonds is 6. The van der Waals surface area contributed by atoms with Gasteiger partial charge in [-0.25, -0.2) is 23.1 Å². The zero-order valence-electron chi connectivity index (χ0n) is 8.77. The van der Waals surface area contributed by atoms with E-state index in [9.17, 15) is 12.8 Å². The van der Waals surface area contributed by atoms with Crippen LogP contribution in [0.5, 0.6) is 0 Å². The molecule has 90 valence electrons. The quantitative estimate of drug-likeness (QED) is 0.690. The molecule has 0 saturated carbocycles. The van der Waals surface area contributed by atoms with E-state index in [1.54, 1.807) is 6.92 Å². The van der Waals surface area contributed by atoms with Gasteiger partial charge in [0.25, 0.3) is 0 Å². The average molecular weight is 248 g/mol.